The maximum Gasteiger partial charge on any atom is 0.255 e. The van der Waals surface area contributed by atoms with Crippen LogP contribution in [0.15, 0.2) is 8.86 Å². The van der Waals surface area contributed by atoms with E-state index in [9.17, 15) is 8.42 Å². The minimum atomic E-state index is -3.66. The van der Waals surface area contributed by atoms with Gasteiger partial charge in [-0.1, -0.05) is 34.8 Å². The summed E-state index contributed by atoms with van der Waals surface area (Å²) in [5.74, 6) is 0. The normalized spacial score (nSPS) is 11.8. The van der Waals surface area contributed by atoms with Crippen LogP contribution in [0.25, 0.3) is 0 Å². The monoisotopic (exact) mass is 237 g/mol. The molecular weight excluding hydrogens is 232 g/mol. The van der Waals surface area contributed by atoms with E-state index in [1.54, 1.807) is 0 Å². The van der Waals surface area contributed by atoms with E-state index in [0.717, 1.165) is 4.31 Å². The van der Waals surface area contributed by atoms with Crippen molar-refractivity contribution in [3.8, 4) is 0 Å². The average Bonchev–Trinajstić information content (AvgIpc) is 1.85. The second-order valence-corrected chi connectivity index (χ2v) is 5.46. The Morgan fingerprint density at radius 1 is 1.18 bits per heavy atom. The van der Waals surface area contributed by atoms with Crippen LogP contribution in [0, 0.1) is 0 Å². The fourth-order valence-electron chi connectivity index (χ4n) is 0.258. The van der Waals surface area contributed by atoms with Crippen LogP contribution in [0.4, 0.5) is 0 Å². The van der Waals surface area contributed by atoms with E-state index >= 15 is 0 Å². The molecule has 0 aliphatic rings. The van der Waals surface area contributed by atoms with Crippen molar-refractivity contribution < 1.29 is 8.42 Å². The maximum atomic E-state index is 11.0. The van der Waals surface area contributed by atoms with Gasteiger partial charge in [0.2, 0.25) is 0 Å². The highest BCUT2D eigenvalue weighted by Crippen LogP contribution is 2.24. The van der Waals surface area contributed by atoms with Crippen LogP contribution < -0.4 is 0 Å². The Bertz CT molecular complexity index is 265. The van der Waals surface area contributed by atoms with Gasteiger partial charge in [0.05, 0.1) is 0 Å². The van der Waals surface area contributed by atoms with Crippen LogP contribution in [0.1, 0.15) is 0 Å². The summed E-state index contributed by atoms with van der Waals surface area (Å²) in [4.78, 5) is 0. The Labute approximate surface area is 80.6 Å². The van der Waals surface area contributed by atoms with Crippen LogP contribution >= 0.6 is 34.8 Å². The smallest absolute Gasteiger partial charge is 0.206 e. The lowest BCUT2D eigenvalue weighted by Crippen LogP contribution is -2.22. The summed E-state index contributed by atoms with van der Waals surface area (Å²) in [6, 6.07) is 0. The van der Waals surface area contributed by atoms with E-state index in [2.05, 4.69) is 0 Å². The van der Waals surface area contributed by atoms with Gasteiger partial charge in [0.25, 0.3) is 10.0 Å². The molecular formula is C4H6Cl3NO2S. The summed E-state index contributed by atoms with van der Waals surface area (Å²) in [6.45, 7) is 0. The molecule has 7 heteroatoms. The molecule has 0 aromatic carbocycles. The molecule has 0 amide bonds. The first-order chi connectivity index (χ1) is 4.80. The van der Waals surface area contributed by atoms with E-state index in [-0.39, 0.29) is 0 Å². The highest BCUT2D eigenvalue weighted by Gasteiger charge is 2.21. The number of sulfonamides is 1. The van der Waals surface area contributed by atoms with E-state index < -0.39 is 18.9 Å². The van der Waals surface area contributed by atoms with E-state index in [4.69, 9.17) is 34.8 Å². The molecule has 0 fully saturated rings. The molecule has 3 nitrogen and oxygen atoms in total. The minimum Gasteiger partial charge on any atom is -0.206 e. The Morgan fingerprint density at radius 3 is 1.64 bits per heavy atom. The molecule has 66 valence electrons. The summed E-state index contributed by atoms with van der Waals surface area (Å²) < 4.78 is 22.0. The lowest BCUT2D eigenvalue weighted by molar-refractivity contribution is 0.530. The molecule has 0 heterocycles. The van der Waals surface area contributed by atoms with Gasteiger partial charge in [0.1, 0.15) is 4.49 Å². The van der Waals surface area contributed by atoms with Crippen LogP contribution in [0.5, 0.6) is 0 Å². The van der Waals surface area contributed by atoms with Crippen LogP contribution in [-0.4, -0.2) is 26.8 Å². The first-order valence-corrected chi connectivity index (χ1v) is 5.01. The number of nitrogens with zero attached hydrogens (tertiary/aromatic N) is 1. The molecule has 0 spiro atoms. The first-order valence-electron chi connectivity index (χ1n) is 2.43. The van der Waals surface area contributed by atoms with Crippen molar-refractivity contribution in [2.75, 3.05) is 14.1 Å². The Hall–Kier alpha value is 0.520. The molecule has 0 bridgehead atoms. The van der Waals surface area contributed by atoms with Gasteiger partial charge in [-0.2, -0.15) is 0 Å². The van der Waals surface area contributed by atoms with Crippen LogP contribution in [-0.2, 0) is 10.0 Å². The lowest BCUT2D eigenvalue weighted by atomic mass is 11.2. The molecule has 0 rings (SSSR count). The largest absolute Gasteiger partial charge is 0.255 e. The number of hydrogen-bond acceptors (Lipinski definition) is 2. The van der Waals surface area contributed by atoms with E-state index in [1.807, 2.05) is 0 Å². The van der Waals surface area contributed by atoms with Crippen molar-refractivity contribution in [2.24, 2.45) is 0 Å². The number of halogens is 3. The molecule has 0 aliphatic heterocycles. The predicted octanol–water partition coefficient (Wildman–Crippen LogP) is 1.72. The fraction of sp³-hybridized carbons (Fsp3) is 0.500. The van der Waals surface area contributed by atoms with Gasteiger partial charge in [-0.25, -0.2) is 12.7 Å². The SMILES string of the molecule is CN(C)S(=O)(=O)C(Cl)=C(Cl)Cl. The molecule has 0 aliphatic carbocycles. The zero-order chi connectivity index (χ0) is 9.23. The molecule has 0 N–H and O–H groups in total. The highest BCUT2D eigenvalue weighted by atomic mass is 35.5. The zero-order valence-corrected chi connectivity index (χ0v) is 8.89. The van der Waals surface area contributed by atoms with Crippen molar-refractivity contribution in [3.05, 3.63) is 8.86 Å². The van der Waals surface area contributed by atoms with Crippen molar-refractivity contribution in [1.82, 2.24) is 4.31 Å². The molecule has 11 heavy (non-hydrogen) atoms. The second kappa shape index (κ2) is 3.96. The quantitative estimate of drug-likeness (QED) is 0.735. The Kier molecular flexibility index (Phi) is 4.15. The standard InChI is InChI=1S/C4H6Cl3NO2S/c1-8(2)11(9,10)4(7)3(5)6/h1-2H3. The van der Waals surface area contributed by atoms with Crippen LogP contribution in [0.3, 0.4) is 0 Å². The molecule has 0 aromatic rings. The van der Waals surface area contributed by atoms with Crippen LogP contribution in [0.2, 0.25) is 0 Å². The topological polar surface area (TPSA) is 37.4 Å². The van der Waals surface area contributed by atoms with E-state index in [0.29, 0.717) is 0 Å². The van der Waals surface area contributed by atoms with Crippen molar-refractivity contribution >= 4 is 44.8 Å². The third kappa shape index (κ3) is 2.80. The second-order valence-electron chi connectivity index (χ2n) is 1.82. The third-order valence-corrected chi connectivity index (χ3v) is 4.04. The summed E-state index contributed by atoms with van der Waals surface area (Å²) >= 11 is 15.6. The maximum absolute atomic E-state index is 11.0. The minimum absolute atomic E-state index is 0.458. The highest BCUT2D eigenvalue weighted by molar-refractivity contribution is 7.94. The van der Waals surface area contributed by atoms with Crippen molar-refractivity contribution in [3.63, 3.8) is 0 Å². The van der Waals surface area contributed by atoms with Gasteiger partial charge in [-0.15, -0.1) is 0 Å². The van der Waals surface area contributed by atoms with Crippen molar-refractivity contribution in [2.45, 2.75) is 0 Å². The Morgan fingerprint density at radius 2 is 1.55 bits per heavy atom. The summed E-state index contributed by atoms with van der Waals surface area (Å²) in [5.41, 5.74) is 0. The third-order valence-electron chi connectivity index (χ3n) is 0.856. The van der Waals surface area contributed by atoms with Gasteiger partial charge in [0.15, 0.2) is 4.36 Å². The predicted molar refractivity (Wildman–Crippen MR) is 47.2 cm³/mol. The molecule has 0 saturated heterocycles. The van der Waals surface area contributed by atoms with Gasteiger partial charge in [0, 0.05) is 14.1 Å². The summed E-state index contributed by atoms with van der Waals surface area (Å²) in [5, 5.41) is 0. The molecule has 0 saturated carbocycles. The molecule has 0 aromatic heterocycles. The fourth-order valence-corrected chi connectivity index (χ4v) is 1.77. The average molecular weight is 239 g/mol. The molecule has 0 unspecified atom stereocenters. The number of rotatable bonds is 2. The van der Waals surface area contributed by atoms with Gasteiger partial charge in [-0.05, 0) is 0 Å². The zero-order valence-electron chi connectivity index (χ0n) is 5.81. The van der Waals surface area contributed by atoms with Gasteiger partial charge < -0.3 is 0 Å². The summed E-state index contributed by atoms with van der Waals surface area (Å²) in [6.07, 6.45) is 0. The molecule has 0 radical (unpaired) electrons. The van der Waals surface area contributed by atoms with E-state index in [1.165, 1.54) is 14.1 Å². The Balaban J connectivity index is 5.05. The lowest BCUT2D eigenvalue weighted by Gasteiger charge is -2.09. The summed E-state index contributed by atoms with van der Waals surface area (Å²) in [7, 11) is -1.01. The molecule has 0 atom stereocenters. The first kappa shape index (κ1) is 11.5. The van der Waals surface area contributed by atoms with Gasteiger partial charge in [-0.3, -0.25) is 0 Å². The number of hydrogen-bond donors (Lipinski definition) is 0. The van der Waals surface area contributed by atoms with Gasteiger partial charge >= 0.3 is 0 Å². The van der Waals surface area contributed by atoms with Crippen molar-refractivity contribution in [1.29, 1.82) is 0 Å².